The highest BCUT2D eigenvalue weighted by Crippen LogP contribution is 2.44. The van der Waals surface area contributed by atoms with Crippen LogP contribution in [0.1, 0.15) is 48.0 Å². The summed E-state index contributed by atoms with van der Waals surface area (Å²) in [6.45, 7) is 8.32. The maximum absolute atomic E-state index is 4.82. The first-order valence-electron chi connectivity index (χ1n) is 28.2. The third-order valence-electron chi connectivity index (χ3n) is 15.9. The van der Waals surface area contributed by atoms with Gasteiger partial charge in [0.2, 0.25) is 0 Å². The molecule has 7 aromatic carbocycles. The minimum absolute atomic E-state index is 0.888. The molecule has 0 radical (unpaired) electrons. The average Bonchev–Trinajstić information content (AvgIpc) is 3.15. The molecule has 0 atom stereocenters. The van der Waals surface area contributed by atoms with Gasteiger partial charge < -0.3 is 9.13 Å². The lowest BCUT2D eigenvalue weighted by molar-refractivity contribution is 1.04. The fourth-order valence-electron chi connectivity index (χ4n) is 12.1. The number of para-hydroxylation sites is 1. The Balaban J connectivity index is 0.000000820. The van der Waals surface area contributed by atoms with Gasteiger partial charge in [-0.2, -0.15) is 0 Å². The van der Waals surface area contributed by atoms with E-state index in [0.717, 1.165) is 85.9 Å². The van der Waals surface area contributed by atoms with E-state index in [1.165, 1.54) is 75.0 Å². The number of hydrogen-bond acceptors (Lipinski definition) is 5. The highest BCUT2D eigenvalue weighted by molar-refractivity contribution is 7.25. The first-order chi connectivity index (χ1) is 41.0. The molecule has 15 rings (SSSR count). The van der Waals surface area contributed by atoms with Crippen LogP contribution in [0.25, 0.3) is 120 Å². The molecule has 0 bridgehead atoms. The van der Waals surface area contributed by atoms with E-state index in [4.69, 9.17) is 15.0 Å². The zero-order valence-electron chi connectivity index (χ0n) is 46.1. The molecule has 0 fully saturated rings. The third-order valence-corrected chi connectivity index (χ3v) is 17.1. The third kappa shape index (κ3) is 9.37. The van der Waals surface area contributed by atoms with Crippen molar-refractivity contribution in [3.63, 3.8) is 0 Å². The summed E-state index contributed by atoms with van der Waals surface area (Å²) in [5.41, 5.74) is 21.1. The van der Waals surface area contributed by atoms with Crippen molar-refractivity contribution in [3.8, 4) is 33.8 Å². The largest absolute Gasteiger partial charge is 0.309 e. The quantitative estimate of drug-likeness (QED) is 0.128. The highest BCUT2D eigenvalue weighted by atomic mass is 32.1. The summed E-state index contributed by atoms with van der Waals surface area (Å²) in [7, 11) is 0. The Morgan fingerprint density at radius 3 is 1.70 bits per heavy atom. The molecule has 0 unspecified atom stereocenters. The molecule has 1 aliphatic rings. The first kappa shape index (κ1) is 50.9. The molecule has 1 aliphatic carbocycles. The van der Waals surface area contributed by atoms with Crippen LogP contribution in [-0.4, -0.2) is 29.1 Å². The molecule has 83 heavy (non-hydrogen) atoms. The smallest absolute Gasteiger partial charge is 0.0708 e. The number of thiophene rings is 1. The number of allylic oxidation sites excluding steroid dienone is 9. The molecule has 14 aromatic rings. The van der Waals surface area contributed by atoms with E-state index < -0.39 is 0 Å². The summed E-state index contributed by atoms with van der Waals surface area (Å²) >= 11 is 1.85. The zero-order chi connectivity index (χ0) is 55.8. The Labute approximate surface area is 486 Å². The van der Waals surface area contributed by atoms with Crippen LogP contribution >= 0.6 is 11.3 Å². The van der Waals surface area contributed by atoms with Gasteiger partial charge in [-0.1, -0.05) is 122 Å². The van der Waals surface area contributed by atoms with Gasteiger partial charge in [-0.3, -0.25) is 19.9 Å². The Kier molecular flexibility index (Phi) is 13.5. The molecule has 0 saturated carbocycles. The number of fused-ring (bicyclic) bond motifs is 9. The second-order valence-corrected chi connectivity index (χ2v) is 22.0. The Hall–Kier alpha value is -10.3. The standard InChI is InChI=1S/C70H49N5S.C6H7N/c1-3-17-51(50(4-2)62-23-11-14-37-71-62)45-27-33-67-58(41-45)59-42-47(53-19-6-8-21-55(53)64-25-13-16-39-73-64)29-34-68(59)75(67)49-31-36-70-61(44-49)60-43-48(30-35-69(60)76-70)74-65-26-10-9-22-56(65)57-40-46(28-32-66(57)74)52-18-5-7-20-54(52)63-24-12-15-38-72-63;1-6-4-2-3-5-7-6/h3-7,9-20,22-44H,2,8,21H2,1H3;2-5H,1H3/b17-3-,51-50-;. The van der Waals surface area contributed by atoms with E-state index in [9.17, 15) is 0 Å². The van der Waals surface area contributed by atoms with Gasteiger partial charge in [-0.25, -0.2) is 0 Å². The summed E-state index contributed by atoms with van der Waals surface area (Å²) < 4.78 is 7.41. The molecular formula is C76H56N6S. The number of benzene rings is 7. The van der Waals surface area contributed by atoms with Crippen molar-refractivity contribution in [2.45, 2.75) is 26.7 Å². The molecule has 7 aromatic heterocycles. The van der Waals surface area contributed by atoms with E-state index in [0.29, 0.717) is 0 Å². The van der Waals surface area contributed by atoms with Gasteiger partial charge in [0.25, 0.3) is 0 Å². The number of hydrogen-bond donors (Lipinski definition) is 0. The van der Waals surface area contributed by atoms with E-state index in [-0.39, 0.29) is 0 Å². The lowest BCUT2D eigenvalue weighted by Crippen LogP contribution is -1.97. The lowest BCUT2D eigenvalue weighted by Gasteiger charge is -2.16. The van der Waals surface area contributed by atoms with Crippen molar-refractivity contribution in [1.82, 2.24) is 29.1 Å². The molecule has 0 spiro atoms. The van der Waals surface area contributed by atoms with Crippen molar-refractivity contribution in [2.24, 2.45) is 0 Å². The Morgan fingerprint density at radius 2 is 1.06 bits per heavy atom. The van der Waals surface area contributed by atoms with Gasteiger partial charge in [0.1, 0.15) is 0 Å². The van der Waals surface area contributed by atoms with Crippen molar-refractivity contribution in [2.75, 3.05) is 0 Å². The molecule has 0 saturated heterocycles. The van der Waals surface area contributed by atoms with Crippen LogP contribution in [-0.2, 0) is 0 Å². The van der Waals surface area contributed by atoms with Crippen LogP contribution in [0.2, 0.25) is 0 Å². The molecule has 0 N–H and O–H groups in total. The summed E-state index contributed by atoms with van der Waals surface area (Å²) in [4.78, 5) is 18.3. The summed E-state index contributed by atoms with van der Waals surface area (Å²) in [5.74, 6) is 0. The van der Waals surface area contributed by atoms with Crippen LogP contribution in [0.4, 0.5) is 0 Å². The molecule has 0 aliphatic heterocycles. The van der Waals surface area contributed by atoms with Gasteiger partial charge in [-0.05, 0) is 193 Å². The topological polar surface area (TPSA) is 61.4 Å². The van der Waals surface area contributed by atoms with Gasteiger partial charge in [0.05, 0.1) is 39.1 Å². The van der Waals surface area contributed by atoms with E-state index in [2.05, 4.69) is 222 Å². The second-order valence-electron chi connectivity index (χ2n) is 20.9. The van der Waals surface area contributed by atoms with Gasteiger partial charge in [0.15, 0.2) is 0 Å². The van der Waals surface area contributed by atoms with Gasteiger partial charge >= 0.3 is 0 Å². The van der Waals surface area contributed by atoms with Gasteiger partial charge in [0, 0.05) is 94.7 Å². The SMILES string of the molecule is C=C/C(=C(\C=C/C)c1ccc2c(c1)c1cc(C3=C(c4ccccn4)CCC=C3)ccc1n2-c1ccc2sc3ccc(-n4c5ccccc5c5cc(-c6ccccc6-c6ccccn6)ccc54)cc3c2c1)c1ccccn1.Cc1ccccn1. The van der Waals surface area contributed by atoms with Crippen LogP contribution < -0.4 is 0 Å². The average molecular weight is 1090 g/mol. The molecule has 396 valence electrons. The van der Waals surface area contributed by atoms with Crippen LogP contribution in [0.5, 0.6) is 0 Å². The monoisotopic (exact) mass is 1080 g/mol. The normalized spacial score (nSPS) is 12.9. The minimum Gasteiger partial charge on any atom is -0.309 e. The van der Waals surface area contributed by atoms with Crippen molar-refractivity contribution >= 4 is 97.4 Å². The number of rotatable bonds is 10. The number of aromatic nitrogens is 6. The Bertz CT molecular complexity index is 4920. The summed E-state index contributed by atoms with van der Waals surface area (Å²) in [6.07, 6.45) is 20.1. The maximum atomic E-state index is 4.82. The second kappa shape index (κ2) is 22.0. The predicted octanol–water partition coefficient (Wildman–Crippen LogP) is 20.1. The summed E-state index contributed by atoms with van der Waals surface area (Å²) in [5, 5.41) is 7.27. The summed E-state index contributed by atoms with van der Waals surface area (Å²) in [6, 6.07) is 76.5. The van der Waals surface area contributed by atoms with Crippen LogP contribution in [0.3, 0.4) is 0 Å². The van der Waals surface area contributed by atoms with Crippen molar-refractivity contribution in [1.29, 1.82) is 0 Å². The number of aryl methyl sites for hydroxylation is 1. The van der Waals surface area contributed by atoms with E-state index in [1.807, 2.05) is 85.4 Å². The molecule has 7 heterocycles. The first-order valence-corrected chi connectivity index (χ1v) is 29.0. The maximum Gasteiger partial charge on any atom is 0.0708 e. The zero-order valence-corrected chi connectivity index (χ0v) is 46.9. The lowest BCUT2D eigenvalue weighted by atomic mass is 9.89. The van der Waals surface area contributed by atoms with E-state index >= 15 is 0 Å². The van der Waals surface area contributed by atoms with Crippen LogP contribution in [0, 0.1) is 6.92 Å². The Morgan fingerprint density at radius 1 is 0.482 bits per heavy atom. The molecule has 0 amide bonds. The predicted molar refractivity (Wildman–Crippen MR) is 351 cm³/mol. The number of pyridine rings is 4. The number of nitrogens with zero attached hydrogens (tertiary/aromatic N) is 6. The van der Waals surface area contributed by atoms with Crippen molar-refractivity contribution < 1.29 is 0 Å². The van der Waals surface area contributed by atoms with Crippen LogP contribution in [0.15, 0.2) is 274 Å². The van der Waals surface area contributed by atoms with Gasteiger partial charge in [-0.15, -0.1) is 11.3 Å². The fraction of sp³-hybridized carbons (Fsp3) is 0.0526. The minimum atomic E-state index is 0.888. The molecule has 6 nitrogen and oxygen atoms in total. The van der Waals surface area contributed by atoms with Crippen molar-refractivity contribution in [3.05, 3.63) is 302 Å². The molecule has 7 heteroatoms. The fourth-order valence-corrected chi connectivity index (χ4v) is 13.2. The highest BCUT2D eigenvalue weighted by Gasteiger charge is 2.21. The van der Waals surface area contributed by atoms with E-state index in [1.54, 1.807) is 6.20 Å². The molecular weight excluding hydrogens is 1030 g/mol.